The molecule has 0 spiro atoms. The van der Waals surface area contributed by atoms with Crippen LogP contribution in [0.4, 0.5) is 10.5 Å². The maximum absolute atomic E-state index is 13.1. The van der Waals surface area contributed by atoms with E-state index >= 15 is 0 Å². The number of carbonyl (C=O) groups is 3. The van der Waals surface area contributed by atoms with E-state index in [1.165, 1.54) is 13.2 Å². The summed E-state index contributed by atoms with van der Waals surface area (Å²) in [6.45, 7) is 2.76. The van der Waals surface area contributed by atoms with Crippen LogP contribution in [0.5, 0.6) is 5.75 Å². The van der Waals surface area contributed by atoms with Gasteiger partial charge in [0.1, 0.15) is 11.3 Å². The van der Waals surface area contributed by atoms with Crippen LogP contribution in [-0.2, 0) is 16.1 Å². The Morgan fingerprint density at radius 3 is 2.52 bits per heavy atom. The lowest BCUT2D eigenvalue weighted by Gasteiger charge is -2.27. The normalized spacial score (nSPS) is 15.9. The number of aromatic nitrogens is 1. The summed E-state index contributed by atoms with van der Waals surface area (Å²) in [5, 5.41) is 3.16. The smallest absolute Gasteiger partial charge is 0.336 e. The molecule has 2 aromatic carbocycles. The first-order valence-electron chi connectivity index (χ1n) is 9.17. The molecule has 7 heteroatoms. The van der Waals surface area contributed by atoms with Gasteiger partial charge in [-0.05, 0) is 31.2 Å². The summed E-state index contributed by atoms with van der Waals surface area (Å²) in [6.07, 6.45) is 3.42. The molecule has 0 bridgehead atoms. The molecule has 3 aromatic rings. The van der Waals surface area contributed by atoms with Crippen LogP contribution in [0.3, 0.4) is 0 Å². The number of anilines is 1. The van der Waals surface area contributed by atoms with Crippen molar-refractivity contribution in [3.8, 4) is 5.75 Å². The molecule has 1 aromatic heterocycles. The summed E-state index contributed by atoms with van der Waals surface area (Å²) in [4.78, 5) is 39.0. The molecule has 1 aliphatic rings. The van der Waals surface area contributed by atoms with Crippen molar-refractivity contribution in [2.45, 2.75) is 13.5 Å². The van der Waals surface area contributed by atoms with Gasteiger partial charge in [-0.1, -0.05) is 30.3 Å². The maximum atomic E-state index is 13.1. The molecular formula is C22H19N3O4. The third-order valence-electron chi connectivity index (χ3n) is 4.89. The molecule has 29 heavy (non-hydrogen) atoms. The third-order valence-corrected chi connectivity index (χ3v) is 4.89. The van der Waals surface area contributed by atoms with Crippen LogP contribution < -0.4 is 15.0 Å². The Bertz CT molecular complexity index is 1180. The van der Waals surface area contributed by atoms with Gasteiger partial charge in [0.25, 0.3) is 11.8 Å². The average Bonchev–Trinajstić information content (AvgIpc) is 3.09. The van der Waals surface area contributed by atoms with Crippen molar-refractivity contribution >= 4 is 40.5 Å². The largest absolute Gasteiger partial charge is 0.495 e. The number of nitrogens with one attached hydrogen (secondary N) is 1. The van der Waals surface area contributed by atoms with E-state index in [4.69, 9.17) is 4.74 Å². The van der Waals surface area contributed by atoms with Crippen molar-refractivity contribution in [1.29, 1.82) is 0 Å². The van der Waals surface area contributed by atoms with Crippen molar-refractivity contribution < 1.29 is 19.1 Å². The van der Waals surface area contributed by atoms with Crippen LogP contribution in [0, 0.1) is 0 Å². The molecule has 0 saturated carbocycles. The number of fused-ring (bicyclic) bond motifs is 1. The fraction of sp³-hybridized carbons (Fsp3) is 0.136. The summed E-state index contributed by atoms with van der Waals surface area (Å²) < 4.78 is 7.31. The summed E-state index contributed by atoms with van der Waals surface area (Å²) in [7, 11) is 1.45. The van der Waals surface area contributed by atoms with E-state index in [9.17, 15) is 14.4 Å². The second-order valence-electron chi connectivity index (χ2n) is 6.52. The number of urea groups is 1. The van der Waals surface area contributed by atoms with Crippen molar-refractivity contribution in [2.75, 3.05) is 12.0 Å². The highest BCUT2D eigenvalue weighted by atomic mass is 16.5. The lowest BCUT2D eigenvalue weighted by atomic mass is 10.1. The van der Waals surface area contributed by atoms with Crippen molar-refractivity contribution in [1.82, 2.24) is 9.88 Å². The fourth-order valence-electron chi connectivity index (χ4n) is 3.50. The van der Waals surface area contributed by atoms with Gasteiger partial charge in [0.05, 0.1) is 12.8 Å². The summed E-state index contributed by atoms with van der Waals surface area (Å²) >= 11 is 0. The van der Waals surface area contributed by atoms with Crippen molar-refractivity contribution in [2.24, 2.45) is 0 Å². The molecule has 1 aliphatic heterocycles. The number of benzene rings is 2. The summed E-state index contributed by atoms with van der Waals surface area (Å²) in [5.41, 5.74) is 1.89. The molecule has 1 N–H and O–H groups in total. The number of hydrogen-bond acceptors (Lipinski definition) is 4. The van der Waals surface area contributed by atoms with Gasteiger partial charge >= 0.3 is 6.03 Å². The van der Waals surface area contributed by atoms with Gasteiger partial charge in [-0.15, -0.1) is 0 Å². The van der Waals surface area contributed by atoms with E-state index in [1.807, 2.05) is 42.0 Å². The minimum Gasteiger partial charge on any atom is -0.495 e. The first-order valence-corrected chi connectivity index (χ1v) is 9.17. The number of para-hydroxylation sites is 3. The standard InChI is InChI=1S/C22H19N3O4/c1-3-24-13-14(15-8-4-5-9-17(15)24)12-16-20(26)23-22(28)25(21(16)27)18-10-6-7-11-19(18)29-2/h4-13H,3H2,1-2H3,(H,23,26,28). The van der Waals surface area contributed by atoms with E-state index in [1.54, 1.807) is 24.3 Å². The van der Waals surface area contributed by atoms with E-state index in [2.05, 4.69) is 5.32 Å². The molecular weight excluding hydrogens is 370 g/mol. The Balaban J connectivity index is 1.83. The quantitative estimate of drug-likeness (QED) is 0.548. The number of imide groups is 2. The van der Waals surface area contributed by atoms with Gasteiger partial charge in [-0.3, -0.25) is 14.9 Å². The van der Waals surface area contributed by atoms with Crippen LogP contribution >= 0.6 is 0 Å². The van der Waals surface area contributed by atoms with E-state index in [-0.39, 0.29) is 11.3 Å². The highest BCUT2D eigenvalue weighted by molar-refractivity contribution is 6.39. The molecule has 146 valence electrons. The van der Waals surface area contributed by atoms with Crippen LogP contribution in [0.2, 0.25) is 0 Å². The molecule has 0 aliphatic carbocycles. The first kappa shape index (κ1) is 18.5. The zero-order valence-corrected chi connectivity index (χ0v) is 16.0. The summed E-state index contributed by atoms with van der Waals surface area (Å²) in [6, 6.07) is 13.6. The molecule has 0 atom stereocenters. The lowest BCUT2D eigenvalue weighted by Crippen LogP contribution is -2.54. The molecule has 0 unspecified atom stereocenters. The zero-order valence-electron chi connectivity index (χ0n) is 16.0. The van der Waals surface area contributed by atoms with Gasteiger partial charge in [-0.25, -0.2) is 9.69 Å². The number of rotatable bonds is 4. The number of barbiturate groups is 1. The molecule has 2 heterocycles. The Kier molecular flexibility index (Phi) is 4.64. The molecule has 4 amide bonds. The molecule has 7 nitrogen and oxygen atoms in total. The van der Waals surface area contributed by atoms with E-state index < -0.39 is 17.8 Å². The minimum absolute atomic E-state index is 0.116. The highest BCUT2D eigenvalue weighted by Gasteiger charge is 2.38. The van der Waals surface area contributed by atoms with Gasteiger partial charge in [-0.2, -0.15) is 0 Å². The van der Waals surface area contributed by atoms with Crippen molar-refractivity contribution in [3.05, 3.63) is 65.9 Å². The van der Waals surface area contributed by atoms with Crippen LogP contribution in [0.25, 0.3) is 17.0 Å². The molecule has 4 rings (SSSR count). The number of carbonyl (C=O) groups excluding carboxylic acids is 3. The number of ether oxygens (including phenoxy) is 1. The number of hydrogen-bond donors (Lipinski definition) is 1. The predicted molar refractivity (Wildman–Crippen MR) is 110 cm³/mol. The Labute approximate surface area is 167 Å². The summed E-state index contributed by atoms with van der Waals surface area (Å²) in [5.74, 6) is -1.07. The van der Waals surface area contributed by atoms with E-state index in [0.29, 0.717) is 5.75 Å². The number of nitrogens with zero attached hydrogens (tertiary/aromatic N) is 2. The second kappa shape index (κ2) is 7.27. The Morgan fingerprint density at radius 2 is 1.76 bits per heavy atom. The average molecular weight is 389 g/mol. The topological polar surface area (TPSA) is 80.6 Å². The SMILES string of the molecule is CCn1cc(C=C2C(=O)NC(=O)N(c3ccccc3OC)C2=O)c2ccccc21. The zero-order chi connectivity index (χ0) is 20.5. The third kappa shape index (κ3) is 3.06. The fourth-order valence-corrected chi connectivity index (χ4v) is 3.50. The van der Waals surface area contributed by atoms with Crippen LogP contribution in [-0.4, -0.2) is 29.5 Å². The second-order valence-corrected chi connectivity index (χ2v) is 6.52. The van der Waals surface area contributed by atoms with E-state index in [0.717, 1.165) is 27.9 Å². The molecule has 1 saturated heterocycles. The van der Waals surface area contributed by atoms with Gasteiger partial charge in [0.2, 0.25) is 0 Å². The van der Waals surface area contributed by atoms with Crippen molar-refractivity contribution in [3.63, 3.8) is 0 Å². The molecule has 1 fully saturated rings. The first-order chi connectivity index (χ1) is 14.0. The van der Waals surface area contributed by atoms with Crippen LogP contribution in [0.15, 0.2) is 60.3 Å². The number of methoxy groups -OCH3 is 1. The Hall–Kier alpha value is -3.87. The monoisotopic (exact) mass is 389 g/mol. The highest BCUT2D eigenvalue weighted by Crippen LogP contribution is 2.31. The lowest BCUT2D eigenvalue weighted by molar-refractivity contribution is -0.122. The number of aryl methyl sites for hydroxylation is 1. The number of amides is 4. The van der Waals surface area contributed by atoms with Crippen LogP contribution in [0.1, 0.15) is 12.5 Å². The predicted octanol–water partition coefficient (Wildman–Crippen LogP) is 3.34. The Morgan fingerprint density at radius 1 is 1.03 bits per heavy atom. The van der Waals surface area contributed by atoms with Gasteiger partial charge in [0, 0.05) is 29.2 Å². The minimum atomic E-state index is -0.808. The molecule has 0 radical (unpaired) electrons. The van der Waals surface area contributed by atoms with Gasteiger partial charge < -0.3 is 9.30 Å². The maximum Gasteiger partial charge on any atom is 0.336 e. The van der Waals surface area contributed by atoms with Gasteiger partial charge in [0.15, 0.2) is 0 Å².